The Labute approximate surface area is 152 Å². The highest BCUT2D eigenvalue weighted by atomic mass is 19.4. The molecule has 1 N–H and O–H groups in total. The molecule has 0 radical (unpaired) electrons. The first-order valence-corrected chi connectivity index (χ1v) is 7.88. The number of nitrogens with zero attached hydrogens (tertiary/aromatic N) is 1. The number of methoxy groups -OCH3 is 1. The summed E-state index contributed by atoms with van der Waals surface area (Å²) in [4.78, 5) is 17.5. The van der Waals surface area contributed by atoms with Crippen molar-refractivity contribution >= 4 is 17.3 Å². The number of ether oxygens (including phenoxy) is 2. The minimum Gasteiger partial charge on any atom is -0.496 e. The van der Waals surface area contributed by atoms with Gasteiger partial charge in [-0.2, -0.15) is 0 Å². The van der Waals surface area contributed by atoms with Crippen LogP contribution in [0, 0.1) is 0 Å². The molecule has 0 aromatic heterocycles. The van der Waals surface area contributed by atoms with Crippen molar-refractivity contribution in [3.63, 3.8) is 0 Å². The topological polar surface area (TPSA) is 69.2 Å². The molecule has 0 aliphatic carbocycles. The van der Waals surface area contributed by atoms with Gasteiger partial charge >= 0.3 is 6.36 Å². The van der Waals surface area contributed by atoms with Gasteiger partial charge < -0.3 is 19.6 Å². The maximum absolute atomic E-state index is 12.3. The van der Waals surface area contributed by atoms with Gasteiger partial charge in [0.1, 0.15) is 11.5 Å². The predicted molar refractivity (Wildman–Crippen MR) is 90.8 cm³/mol. The molecule has 1 atom stereocenters. The van der Waals surface area contributed by atoms with Gasteiger partial charge in [-0.3, -0.25) is 4.79 Å². The van der Waals surface area contributed by atoms with Crippen LogP contribution in [0.2, 0.25) is 0 Å². The van der Waals surface area contributed by atoms with E-state index in [0.29, 0.717) is 17.1 Å². The highest BCUT2D eigenvalue weighted by molar-refractivity contribution is 6.07. The first-order chi connectivity index (χ1) is 12.9. The van der Waals surface area contributed by atoms with E-state index in [-0.39, 0.29) is 12.2 Å². The van der Waals surface area contributed by atoms with Gasteiger partial charge in [0.25, 0.3) is 5.91 Å². The Morgan fingerprint density at radius 1 is 1.19 bits per heavy atom. The van der Waals surface area contributed by atoms with Crippen LogP contribution in [0.3, 0.4) is 0 Å². The summed E-state index contributed by atoms with van der Waals surface area (Å²) in [5.74, 6) is -0.228. The summed E-state index contributed by atoms with van der Waals surface area (Å²) < 4.78 is 45.5. The van der Waals surface area contributed by atoms with Crippen molar-refractivity contribution in [3.8, 4) is 11.5 Å². The number of amides is 1. The first-order valence-electron chi connectivity index (χ1n) is 7.88. The number of benzene rings is 2. The van der Waals surface area contributed by atoms with Crippen LogP contribution in [0.25, 0.3) is 0 Å². The molecule has 0 bridgehead atoms. The van der Waals surface area contributed by atoms with Gasteiger partial charge in [-0.15, -0.1) is 13.2 Å². The smallest absolute Gasteiger partial charge is 0.496 e. The lowest BCUT2D eigenvalue weighted by atomic mass is 10.0. The second kappa shape index (κ2) is 7.56. The maximum atomic E-state index is 12.3. The van der Waals surface area contributed by atoms with Crippen molar-refractivity contribution in [1.29, 1.82) is 0 Å². The second-order valence-corrected chi connectivity index (χ2v) is 5.60. The number of rotatable bonds is 5. The van der Waals surface area contributed by atoms with Crippen LogP contribution in [0.15, 0.2) is 53.7 Å². The molecular weight excluding hydrogens is 365 g/mol. The molecule has 1 amide bonds. The lowest BCUT2D eigenvalue weighted by Gasteiger charge is -2.11. The summed E-state index contributed by atoms with van der Waals surface area (Å²) >= 11 is 0. The van der Waals surface area contributed by atoms with Crippen LogP contribution in [0.5, 0.6) is 11.5 Å². The number of para-hydroxylation sites is 1. The van der Waals surface area contributed by atoms with Crippen LogP contribution in [0.4, 0.5) is 18.9 Å². The summed E-state index contributed by atoms with van der Waals surface area (Å²) in [6.07, 6.45) is -5.38. The average Bonchev–Trinajstić information content (AvgIpc) is 3.12. The molecule has 3 rings (SSSR count). The number of anilines is 1. The zero-order valence-corrected chi connectivity index (χ0v) is 14.1. The first kappa shape index (κ1) is 18.6. The van der Waals surface area contributed by atoms with E-state index in [4.69, 9.17) is 9.57 Å². The van der Waals surface area contributed by atoms with E-state index in [1.807, 2.05) is 12.1 Å². The minimum atomic E-state index is -4.77. The number of halogens is 3. The van der Waals surface area contributed by atoms with E-state index >= 15 is 0 Å². The van der Waals surface area contributed by atoms with Crippen LogP contribution in [0.1, 0.15) is 12.0 Å². The molecule has 2 aromatic rings. The number of oxime groups is 1. The third-order valence-corrected chi connectivity index (χ3v) is 3.73. The Morgan fingerprint density at radius 2 is 1.89 bits per heavy atom. The number of carbonyl (C=O) groups is 1. The van der Waals surface area contributed by atoms with Crippen molar-refractivity contribution in [2.75, 3.05) is 12.4 Å². The van der Waals surface area contributed by atoms with Gasteiger partial charge in [0.15, 0.2) is 0 Å². The monoisotopic (exact) mass is 380 g/mol. The molecule has 1 aliphatic heterocycles. The van der Waals surface area contributed by atoms with Crippen LogP contribution < -0.4 is 14.8 Å². The number of hydrogen-bond acceptors (Lipinski definition) is 5. The van der Waals surface area contributed by atoms with Crippen molar-refractivity contribution in [2.45, 2.75) is 18.9 Å². The zero-order valence-electron chi connectivity index (χ0n) is 14.1. The standard InChI is InChI=1S/C18H15F3N2O4/c1-25-15-5-3-2-4-13(15)14-10-16(27-23-14)17(24)22-11-6-8-12(9-7-11)26-18(19,20)21/h2-9,16H,10H2,1H3,(H,22,24)/t16-/m0/s1. The van der Waals surface area contributed by atoms with E-state index in [2.05, 4.69) is 15.2 Å². The summed E-state index contributed by atoms with van der Waals surface area (Å²) in [6, 6.07) is 12.0. The second-order valence-electron chi connectivity index (χ2n) is 5.60. The number of carbonyl (C=O) groups excluding carboxylic acids is 1. The summed E-state index contributed by atoms with van der Waals surface area (Å²) in [7, 11) is 1.53. The molecule has 0 unspecified atom stereocenters. The molecule has 9 heteroatoms. The molecular formula is C18H15F3N2O4. The molecule has 0 fully saturated rings. The Morgan fingerprint density at radius 3 is 2.56 bits per heavy atom. The average molecular weight is 380 g/mol. The van der Waals surface area contributed by atoms with Crippen LogP contribution in [-0.4, -0.2) is 31.2 Å². The largest absolute Gasteiger partial charge is 0.573 e. The van der Waals surface area contributed by atoms with Gasteiger partial charge in [-0.05, 0) is 36.4 Å². The van der Waals surface area contributed by atoms with Gasteiger partial charge in [-0.25, -0.2) is 0 Å². The van der Waals surface area contributed by atoms with Crippen molar-refractivity contribution in [3.05, 3.63) is 54.1 Å². The number of nitrogens with one attached hydrogen (secondary N) is 1. The Bertz CT molecular complexity index is 850. The van der Waals surface area contributed by atoms with E-state index in [1.165, 1.54) is 19.2 Å². The molecule has 0 spiro atoms. The molecule has 1 heterocycles. The summed E-state index contributed by atoms with van der Waals surface area (Å²) in [6.45, 7) is 0. The van der Waals surface area contributed by atoms with Gasteiger partial charge in [0.2, 0.25) is 6.10 Å². The molecule has 6 nitrogen and oxygen atoms in total. The highest BCUT2D eigenvalue weighted by Crippen LogP contribution is 2.26. The van der Waals surface area contributed by atoms with E-state index in [1.54, 1.807) is 12.1 Å². The van der Waals surface area contributed by atoms with Crippen LogP contribution in [-0.2, 0) is 9.63 Å². The highest BCUT2D eigenvalue weighted by Gasteiger charge is 2.32. The SMILES string of the molecule is COc1ccccc1C1=NO[C@H](C(=O)Nc2ccc(OC(F)(F)F)cc2)C1. The zero-order chi connectivity index (χ0) is 19.4. The normalized spacial score (nSPS) is 16.3. The number of alkyl halides is 3. The lowest BCUT2D eigenvalue weighted by Crippen LogP contribution is -2.28. The quantitative estimate of drug-likeness (QED) is 0.858. The van der Waals surface area contributed by atoms with Crippen molar-refractivity contribution < 1.29 is 32.3 Å². The van der Waals surface area contributed by atoms with Gasteiger partial charge in [0, 0.05) is 17.7 Å². The van der Waals surface area contributed by atoms with Crippen molar-refractivity contribution in [1.82, 2.24) is 0 Å². The van der Waals surface area contributed by atoms with Gasteiger partial charge in [0.05, 0.1) is 12.8 Å². The molecule has 2 aromatic carbocycles. The molecule has 0 saturated carbocycles. The van der Waals surface area contributed by atoms with Crippen LogP contribution >= 0.6 is 0 Å². The minimum absolute atomic E-state index is 0.238. The lowest BCUT2D eigenvalue weighted by molar-refractivity contribution is -0.274. The fourth-order valence-corrected chi connectivity index (χ4v) is 2.52. The Kier molecular flexibility index (Phi) is 5.20. The number of hydrogen-bond donors (Lipinski definition) is 1. The fourth-order valence-electron chi connectivity index (χ4n) is 2.52. The summed E-state index contributed by atoms with van der Waals surface area (Å²) in [5, 5.41) is 6.51. The maximum Gasteiger partial charge on any atom is 0.573 e. The molecule has 0 saturated heterocycles. The Hall–Kier alpha value is -3.23. The van der Waals surface area contributed by atoms with E-state index in [9.17, 15) is 18.0 Å². The third-order valence-electron chi connectivity index (χ3n) is 3.73. The predicted octanol–water partition coefficient (Wildman–Crippen LogP) is 3.73. The van der Waals surface area contributed by atoms with Gasteiger partial charge in [-0.1, -0.05) is 17.3 Å². The molecule has 142 valence electrons. The third kappa shape index (κ3) is 4.69. The Balaban J connectivity index is 1.60. The molecule has 1 aliphatic rings. The van der Waals surface area contributed by atoms with Crippen molar-refractivity contribution in [2.24, 2.45) is 5.16 Å². The molecule has 27 heavy (non-hydrogen) atoms. The van der Waals surface area contributed by atoms with E-state index in [0.717, 1.165) is 17.7 Å². The summed E-state index contributed by atoms with van der Waals surface area (Å²) in [5.41, 5.74) is 1.61. The van der Waals surface area contributed by atoms with E-state index < -0.39 is 18.4 Å². The fraction of sp³-hybridized carbons (Fsp3) is 0.222.